The summed E-state index contributed by atoms with van der Waals surface area (Å²) in [6.07, 6.45) is 6.47. The maximum Gasteiger partial charge on any atom is 0.122 e. The van der Waals surface area contributed by atoms with E-state index in [1.165, 1.54) is 11.1 Å². The van der Waals surface area contributed by atoms with Crippen LogP contribution in [0.15, 0.2) is 30.4 Å². The molecule has 86 valence electrons. The first-order valence-corrected chi connectivity index (χ1v) is 5.72. The molecule has 1 aliphatic carbocycles. The standard InChI is InChI=1S/C14H19NO/c1-11-5-6-13(16-2)12(9-11)14(10-15)7-3-4-8-14/h3-6,9H,7-8,10,15H2,1-2H3. The molecule has 2 heteroatoms. The second-order valence-corrected chi connectivity index (χ2v) is 4.57. The van der Waals surface area contributed by atoms with Crippen molar-refractivity contribution in [2.45, 2.75) is 25.2 Å². The van der Waals surface area contributed by atoms with Crippen LogP contribution in [0.25, 0.3) is 0 Å². The van der Waals surface area contributed by atoms with Gasteiger partial charge >= 0.3 is 0 Å². The third-order valence-corrected chi connectivity index (χ3v) is 3.50. The van der Waals surface area contributed by atoms with Crippen LogP contribution in [0, 0.1) is 6.92 Å². The lowest BCUT2D eigenvalue weighted by atomic mass is 9.77. The van der Waals surface area contributed by atoms with Crippen LogP contribution in [-0.2, 0) is 5.41 Å². The SMILES string of the molecule is COc1ccc(C)cc1C1(CN)CC=CC1. The van der Waals surface area contributed by atoms with Crippen LogP contribution in [0.5, 0.6) is 5.75 Å². The fourth-order valence-corrected chi connectivity index (χ4v) is 2.43. The fraction of sp³-hybridized carbons (Fsp3) is 0.429. The smallest absolute Gasteiger partial charge is 0.122 e. The second-order valence-electron chi connectivity index (χ2n) is 4.57. The molecule has 1 aromatic rings. The van der Waals surface area contributed by atoms with E-state index in [9.17, 15) is 0 Å². The Morgan fingerprint density at radius 3 is 2.56 bits per heavy atom. The Bertz CT molecular complexity index is 401. The van der Waals surface area contributed by atoms with Gasteiger partial charge in [-0.05, 0) is 25.8 Å². The fourth-order valence-electron chi connectivity index (χ4n) is 2.43. The monoisotopic (exact) mass is 217 g/mol. The van der Waals surface area contributed by atoms with Crippen LogP contribution < -0.4 is 10.5 Å². The predicted octanol–water partition coefficient (Wildman–Crippen LogP) is 2.55. The molecule has 2 rings (SSSR count). The molecule has 0 aromatic heterocycles. The number of hydrogen-bond donors (Lipinski definition) is 1. The Labute approximate surface area is 97.1 Å². The summed E-state index contributed by atoms with van der Waals surface area (Å²) in [7, 11) is 1.72. The van der Waals surface area contributed by atoms with Crippen LogP contribution in [0.1, 0.15) is 24.0 Å². The van der Waals surface area contributed by atoms with E-state index in [1.807, 2.05) is 6.07 Å². The van der Waals surface area contributed by atoms with Crippen molar-refractivity contribution >= 4 is 0 Å². The van der Waals surface area contributed by atoms with Gasteiger partial charge in [0.15, 0.2) is 0 Å². The molecule has 0 atom stereocenters. The largest absolute Gasteiger partial charge is 0.496 e. The first kappa shape index (κ1) is 11.2. The third-order valence-electron chi connectivity index (χ3n) is 3.50. The van der Waals surface area contributed by atoms with Gasteiger partial charge in [0.25, 0.3) is 0 Å². The summed E-state index contributed by atoms with van der Waals surface area (Å²) in [6, 6.07) is 6.33. The molecule has 1 aromatic carbocycles. The highest BCUT2D eigenvalue weighted by molar-refractivity contribution is 5.44. The normalized spacial score (nSPS) is 17.7. The van der Waals surface area contributed by atoms with E-state index in [0.717, 1.165) is 18.6 Å². The zero-order valence-electron chi connectivity index (χ0n) is 9.99. The maximum atomic E-state index is 5.98. The molecular weight excluding hydrogens is 198 g/mol. The molecular formula is C14H19NO. The molecule has 1 aliphatic rings. The Balaban J connectivity index is 2.48. The molecule has 0 unspecified atom stereocenters. The molecule has 0 aliphatic heterocycles. The number of nitrogens with two attached hydrogens (primary N) is 1. The van der Waals surface area contributed by atoms with E-state index in [4.69, 9.17) is 10.5 Å². The number of hydrogen-bond acceptors (Lipinski definition) is 2. The predicted molar refractivity (Wildman–Crippen MR) is 66.8 cm³/mol. The Morgan fingerprint density at radius 2 is 2.00 bits per heavy atom. The summed E-state index contributed by atoms with van der Waals surface area (Å²) in [5.74, 6) is 0.958. The molecule has 0 bridgehead atoms. The van der Waals surface area contributed by atoms with Crippen LogP contribution >= 0.6 is 0 Å². The zero-order chi connectivity index (χ0) is 11.6. The van der Waals surface area contributed by atoms with Crippen molar-refractivity contribution in [3.05, 3.63) is 41.5 Å². The number of aryl methyl sites for hydroxylation is 1. The molecule has 0 fully saturated rings. The molecule has 2 N–H and O–H groups in total. The summed E-state index contributed by atoms with van der Waals surface area (Å²) in [4.78, 5) is 0. The Hall–Kier alpha value is -1.28. The second kappa shape index (κ2) is 4.30. The summed E-state index contributed by atoms with van der Waals surface area (Å²) < 4.78 is 5.46. The maximum absolute atomic E-state index is 5.98. The van der Waals surface area contributed by atoms with Crippen molar-refractivity contribution < 1.29 is 4.74 Å². The van der Waals surface area contributed by atoms with E-state index in [-0.39, 0.29) is 5.41 Å². The van der Waals surface area contributed by atoms with Crippen molar-refractivity contribution in [2.24, 2.45) is 5.73 Å². The number of allylic oxidation sites excluding steroid dienone is 2. The van der Waals surface area contributed by atoms with Gasteiger partial charge in [0.1, 0.15) is 5.75 Å². The highest BCUT2D eigenvalue weighted by Gasteiger charge is 2.34. The van der Waals surface area contributed by atoms with Gasteiger partial charge in [-0.25, -0.2) is 0 Å². The highest BCUT2D eigenvalue weighted by Crippen LogP contribution is 2.41. The van der Waals surface area contributed by atoms with E-state index >= 15 is 0 Å². The van der Waals surface area contributed by atoms with E-state index in [1.54, 1.807) is 7.11 Å². The molecule has 0 spiro atoms. The van der Waals surface area contributed by atoms with Crippen LogP contribution in [0.4, 0.5) is 0 Å². The highest BCUT2D eigenvalue weighted by atomic mass is 16.5. The summed E-state index contributed by atoms with van der Waals surface area (Å²) >= 11 is 0. The lowest BCUT2D eigenvalue weighted by molar-refractivity contribution is 0.382. The van der Waals surface area contributed by atoms with Gasteiger partial charge in [0, 0.05) is 17.5 Å². The van der Waals surface area contributed by atoms with Gasteiger partial charge in [-0.3, -0.25) is 0 Å². The minimum Gasteiger partial charge on any atom is -0.496 e. The molecule has 0 saturated carbocycles. The number of rotatable bonds is 3. The van der Waals surface area contributed by atoms with Gasteiger partial charge in [0.05, 0.1) is 7.11 Å². The van der Waals surface area contributed by atoms with Gasteiger partial charge < -0.3 is 10.5 Å². The van der Waals surface area contributed by atoms with Crippen LogP contribution in [-0.4, -0.2) is 13.7 Å². The summed E-state index contributed by atoms with van der Waals surface area (Å²) in [5, 5.41) is 0. The van der Waals surface area contributed by atoms with Crippen LogP contribution in [0.2, 0.25) is 0 Å². The molecule has 2 nitrogen and oxygen atoms in total. The summed E-state index contributed by atoms with van der Waals surface area (Å²) in [6.45, 7) is 2.77. The minimum atomic E-state index is 0.0529. The Kier molecular flexibility index (Phi) is 3.01. The lowest BCUT2D eigenvalue weighted by Crippen LogP contribution is -2.32. The topological polar surface area (TPSA) is 35.2 Å². The molecule has 0 amide bonds. The quantitative estimate of drug-likeness (QED) is 0.790. The lowest BCUT2D eigenvalue weighted by Gasteiger charge is -2.29. The average molecular weight is 217 g/mol. The van der Waals surface area contributed by atoms with Gasteiger partial charge in [0.2, 0.25) is 0 Å². The zero-order valence-corrected chi connectivity index (χ0v) is 9.99. The van der Waals surface area contributed by atoms with Crippen molar-refractivity contribution in [3.63, 3.8) is 0 Å². The molecule has 0 heterocycles. The molecule has 16 heavy (non-hydrogen) atoms. The molecule has 0 saturated heterocycles. The van der Waals surface area contributed by atoms with Crippen molar-refractivity contribution in [2.75, 3.05) is 13.7 Å². The van der Waals surface area contributed by atoms with Gasteiger partial charge in [-0.1, -0.05) is 29.8 Å². The summed E-state index contributed by atoms with van der Waals surface area (Å²) in [5.41, 5.74) is 8.54. The van der Waals surface area contributed by atoms with Crippen LogP contribution in [0.3, 0.4) is 0 Å². The molecule has 0 radical (unpaired) electrons. The van der Waals surface area contributed by atoms with Crippen molar-refractivity contribution in [1.29, 1.82) is 0 Å². The van der Waals surface area contributed by atoms with Crippen molar-refractivity contribution in [3.8, 4) is 5.75 Å². The number of benzene rings is 1. The minimum absolute atomic E-state index is 0.0529. The first-order valence-electron chi connectivity index (χ1n) is 5.72. The van der Waals surface area contributed by atoms with E-state index in [2.05, 4.69) is 31.2 Å². The van der Waals surface area contributed by atoms with E-state index in [0.29, 0.717) is 6.54 Å². The number of ether oxygens (including phenoxy) is 1. The van der Waals surface area contributed by atoms with Gasteiger partial charge in [-0.15, -0.1) is 0 Å². The van der Waals surface area contributed by atoms with E-state index < -0.39 is 0 Å². The third kappa shape index (κ3) is 1.74. The number of methoxy groups -OCH3 is 1. The van der Waals surface area contributed by atoms with Gasteiger partial charge in [-0.2, -0.15) is 0 Å². The Morgan fingerprint density at radius 1 is 1.31 bits per heavy atom. The average Bonchev–Trinajstić information content (AvgIpc) is 2.78. The van der Waals surface area contributed by atoms with Crippen molar-refractivity contribution in [1.82, 2.24) is 0 Å². The first-order chi connectivity index (χ1) is 7.72.